The molecule has 0 spiro atoms. The van der Waals surface area contributed by atoms with Crippen LogP contribution in [0.5, 0.6) is 11.5 Å². The highest BCUT2D eigenvalue weighted by molar-refractivity contribution is 7.91. The first-order valence-electron chi connectivity index (χ1n) is 15.3. The lowest BCUT2D eigenvalue weighted by molar-refractivity contribution is -0.192. The van der Waals surface area contributed by atoms with Gasteiger partial charge in [0.25, 0.3) is 0 Å². The Morgan fingerprint density at radius 2 is 1.69 bits per heavy atom. The van der Waals surface area contributed by atoms with Gasteiger partial charge in [-0.2, -0.15) is 13.2 Å². The van der Waals surface area contributed by atoms with Crippen molar-refractivity contribution in [3.05, 3.63) is 84.1 Å². The van der Waals surface area contributed by atoms with Crippen LogP contribution in [0.15, 0.2) is 77.8 Å². The highest BCUT2D eigenvalue weighted by atomic mass is 32.2. The molecule has 0 aliphatic rings. The molecule has 15 heteroatoms. The van der Waals surface area contributed by atoms with Gasteiger partial charge in [0, 0.05) is 23.8 Å². The molecule has 49 heavy (non-hydrogen) atoms. The number of amides is 1. The monoisotopic (exact) mass is 704 g/mol. The van der Waals surface area contributed by atoms with E-state index in [1.807, 2.05) is 58.0 Å². The van der Waals surface area contributed by atoms with E-state index in [1.54, 1.807) is 42.6 Å². The summed E-state index contributed by atoms with van der Waals surface area (Å²) in [6.07, 6.45) is -3.01. The smallest absolute Gasteiger partial charge is 0.490 e. The molecule has 1 amide bonds. The van der Waals surface area contributed by atoms with E-state index >= 15 is 0 Å². The van der Waals surface area contributed by atoms with E-state index in [1.165, 1.54) is 0 Å². The van der Waals surface area contributed by atoms with Crippen LogP contribution in [0.4, 0.5) is 24.7 Å². The number of fused-ring (bicyclic) bond motifs is 1. The maximum Gasteiger partial charge on any atom is 0.490 e. The van der Waals surface area contributed by atoms with E-state index in [0.29, 0.717) is 47.2 Å². The molecule has 0 saturated heterocycles. The van der Waals surface area contributed by atoms with Crippen molar-refractivity contribution in [2.45, 2.75) is 63.9 Å². The summed E-state index contributed by atoms with van der Waals surface area (Å²) in [6.45, 7) is 8.04. The fourth-order valence-electron chi connectivity index (χ4n) is 4.70. The number of alkyl halides is 3. The lowest BCUT2D eigenvalue weighted by atomic mass is 10.0. The number of aliphatic carboxylic acids is 1. The zero-order chi connectivity index (χ0) is 36.4. The molecule has 0 saturated carbocycles. The van der Waals surface area contributed by atoms with Crippen molar-refractivity contribution in [3.63, 3.8) is 0 Å². The predicted molar refractivity (Wildman–Crippen MR) is 180 cm³/mol. The number of hydrogen-bond donors (Lipinski definition) is 4. The topological polar surface area (TPSA) is 170 Å². The zero-order valence-corrected chi connectivity index (χ0v) is 28.2. The largest absolute Gasteiger partial charge is 0.490 e. The lowest BCUT2D eigenvalue weighted by Gasteiger charge is -2.23. The van der Waals surface area contributed by atoms with Crippen molar-refractivity contribution in [2.75, 3.05) is 23.4 Å². The number of nitrogens with two attached hydrogens (primary N) is 1. The highest BCUT2D eigenvalue weighted by Gasteiger charge is 2.38. The lowest BCUT2D eigenvalue weighted by Crippen LogP contribution is -2.33. The van der Waals surface area contributed by atoms with Crippen LogP contribution in [0.3, 0.4) is 0 Å². The average molecular weight is 705 g/mol. The van der Waals surface area contributed by atoms with Gasteiger partial charge in [-0.15, -0.1) is 0 Å². The molecule has 4 rings (SSSR count). The number of nitrogens with zero attached hydrogens (tertiary/aromatic N) is 1. The van der Waals surface area contributed by atoms with Gasteiger partial charge < -0.3 is 30.9 Å². The average Bonchev–Trinajstić information content (AvgIpc) is 3.03. The second-order valence-corrected chi connectivity index (χ2v) is 13.0. The summed E-state index contributed by atoms with van der Waals surface area (Å²) in [5.74, 6) is -1.53. The van der Waals surface area contributed by atoms with E-state index in [-0.39, 0.29) is 29.2 Å². The molecular formula is C34H39F3N4O7S. The molecule has 0 radical (unpaired) electrons. The van der Waals surface area contributed by atoms with Gasteiger partial charge in [-0.25, -0.2) is 18.2 Å². The van der Waals surface area contributed by atoms with E-state index in [2.05, 4.69) is 15.6 Å². The molecule has 11 nitrogen and oxygen atoms in total. The number of rotatable bonds is 13. The first-order chi connectivity index (χ1) is 23.1. The van der Waals surface area contributed by atoms with E-state index in [4.69, 9.17) is 25.1 Å². The van der Waals surface area contributed by atoms with Gasteiger partial charge in [0.1, 0.15) is 11.9 Å². The molecule has 0 fully saturated rings. The van der Waals surface area contributed by atoms with Crippen molar-refractivity contribution in [1.82, 2.24) is 10.3 Å². The number of carbonyl (C=O) groups is 2. The van der Waals surface area contributed by atoms with E-state index in [9.17, 15) is 26.4 Å². The number of carbonyl (C=O) groups excluding carboxylic acids is 1. The summed E-state index contributed by atoms with van der Waals surface area (Å²) >= 11 is 0. The fourth-order valence-corrected chi connectivity index (χ4v) is 6.28. The van der Waals surface area contributed by atoms with Gasteiger partial charge >= 0.3 is 12.1 Å². The molecule has 1 heterocycles. The van der Waals surface area contributed by atoms with Crippen LogP contribution in [-0.4, -0.2) is 55.0 Å². The standard InChI is InChI=1S/C32H38N4O5S.C2HF3O2/c1-5-17-42(38,39)29-10-8-7-9-24(29)20-35-32(37)30(23-11-14-27(41-21(3)4)28(19-23)40-6-2)36-25-12-13-26-22(18-25)15-16-34-31(26)33;3-2(4,5)1(6)7/h7-16,18-19,21,30,36H,5-6,17,20H2,1-4H3,(H2,33,34)(H,35,37);(H,6,7). The third-order valence-corrected chi connectivity index (χ3v) is 8.82. The number of carboxylic acid groups (broad SMARTS) is 1. The van der Waals surface area contributed by atoms with Crippen LogP contribution in [0, 0.1) is 0 Å². The van der Waals surface area contributed by atoms with Crippen LogP contribution in [0.1, 0.15) is 51.3 Å². The molecule has 1 aromatic heterocycles. The maximum atomic E-state index is 13.8. The Morgan fingerprint density at radius 1 is 1.00 bits per heavy atom. The van der Waals surface area contributed by atoms with Crippen LogP contribution in [-0.2, 0) is 26.0 Å². The number of benzene rings is 3. The van der Waals surface area contributed by atoms with Crippen molar-refractivity contribution < 1.29 is 45.8 Å². The highest BCUT2D eigenvalue weighted by Crippen LogP contribution is 2.33. The summed E-state index contributed by atoms with van der Waals surface area (Å²) < 4.78 is 69.3. The maximum absolute atomic E-state index is 13.8. The molecular weight excluding hydrogens is 665 g/mol. The number of anilines is 2. The predicted octanol–water partition coefficient (Wildman–Crippen LogP) is 6.29. The minimum absolute atomic E-state index is 0.0368. The molecule has 3 aromatic carbocycles. The summed E-state index contributed by atoms with van der Waals surface area (Å²) in [5.41, 5.74) is 7.90. The Labute approximate surface area is 282 Å². The molecule has 4 aromatic rings. The molecule has 264 valence electrons. The molecule has 5 N–H and O–H groups in total. The van der Waals surface area contributed by atoms with Gasteiger partial charge in [0.2, 0.25) is 5.91 Å². The number of sulfone groups is 1. The second-order valence-electron chi connectivity index (χ2n) is 11.0. The Balaban J connectivity index is 0.000000838. The van der Waals surface area contributed by atoms with Gasteiger partial charge in [0.15, 0.2) is 21.3 Å². The first-order valence-corrected chi connectivity index (χ1v) is 16.9. The normalized spacial score (nSPS) is 12.1. The summed E-state index contributed by atoms with van der Waals surface area (Å²) in [6, 6.07) is 18.8. The van der Waals surface area contributed by atoms with Crippen molar-refractivity contribution >= 4 is 44.0 Å². The number of ether oxygens (including phenoxy) is 2. The van der Waals surface area contributed by atoms with Crippen molar-refractivity contribution in [2.24, 2.45) is 0 Å². The number of carboxylic acids is 1. The van der Waals surface area contributed by atoms with Gasteiger partial charge in [-0.05, 0) is 86.2 Å². The number of pyridine rings is 1. The van der Waals surface area contributed by atoms with Gasteiger partial charge in [-0.3, -0.25) is 4.79 Å². The van der Waals surface area contributed by atoms with Crippen LogP contribution >= 0.6 is 0 Å². The number of aromatic nitrogens is 1. The Kier molecular flexibility index (Phi) is 13.2. The molecule has 1 unspecified atom stereocenters. The second kappa shape index (κ2) is 16.9. The summed E-state index contributed by atoms with van der Waals surface area (Å²) in [4.78, 5) is 27.1. The number of halogens is 3. The third kappa shape index (κ3) is 10.7. The number of hydrogen-bond acceptors (Lipinski definition) is 9. The molecule has 0 aliphatic carbocycles. The van der Waals surface area contributed by atoms with Crippen molar-refractivity contribution in [3.8, 4) is 11.5 Å². The molecule has 0 aliphatic heterocycles. The first kappa shape index (κ1) is 38.4. The molecule has 0 bridgehead atoms. The number of nitrogen functional groups attached to an aromatic ring is 1. The summed E-state index contributed by atoms with van der Waals surface area (Å²) in [5, 5.41) is 15.1. The minimum atomic E-state index is -5.08. The molecule has 1 atom stereocenters. The number of nitrogens with one attached hydrogen (secondary N) is 2. The van der Waals surface area contributed by atoms with Crippen LogP contribution in [0.2, 0.25) is 0 Å². The Hall–Kier alpha value is -5.05. The zero-order valence-electron chi connectivity index (χ0n) is 27.4. The van der Waals surface area contributed by atoms with Crippen molar-refractivity contribution in [1.29, 1.82) is 0 Å². The quantitative estimate of drug-likeness (QED) is 0.124. The van der Waals surface area contributed by atoms with Gasteiger partial charge in [-0.1, -0.05) is 31.2 Å². The van der Waals surface area contributed by atoms with E-state index < -0.39 is 28.0 Å². The SMILES string of the molecule is CCCS(=O)(=O)c1ccccc1CNC(=O)C(Nc1ccc2c(N)nccc2c1)c1ccc(OC(C)C)c(OCC)c1.O=C(O)C(F)(F)F. The van der Waals surface area contributed by atoms with Gasteiger partial charge in [0.05, 0.1) is 23.4 Å². The van der Waals surface area contributed by atoms with E-state index in [0.717, 1.165) is 10.8 Å². The van der Waals surface area contributed by atoms with Crippen LogP contribution in [0.25, 0.3) is 10.8 Å². The Morgan fingerprint density at radius 3 is 2.33 bits per heavy atom. The fraction of sp³-hybridized carbons (Fsp3) is 0.324. The van der Waals surface area contributed by atoms with Crippen LogP contribution < -0.4 is 25.8 Å². The third-order valence-electron chi connectivity index (χ3n) is 6.81. The Bertz CT molecular complexity index is 1870. The minimum Gasteiger partial charge on any atom is -0.490 e. The summed E-state index contributed by atoms with van der Waals surface area (Å²) in [7, 11) is -3.47.